The first-order chi connectivity index (χ1) is 12.6. The van der Waals surface area contributed by atoms with Gasteiger partial charge < -0.3 is 4.74 Å². The molecular weight excluding hydrogens is 354 g/mol. The molecule has 0 aliphatic carbocycles. The van der Waals surface area contributed by atoms with Gasteiger partial charge in [-0.3, -0.25) is 20.2 Å². The SMILES string of the molecule is CCOc1ccccc1[C@@H]1CC(=O)NC(NC(=O)c2cccc(Cl)c2)=N1. The zero-order valence-electron chi connectivity index (χ0n) is 14.2. The van der Waals surface area contributed by atoms with Crippen LogP contribution in [0.4, 0.5) is 0 Å². The van der Waals surface area contributed by atoms with Crippen LogP contribution in [0.1, 0.15) is 35.3 Å². The van der Waals surface area contributed by atoms with Crippen LogP contribution in [0, 0.1) is 0 Å². The molecule has 2 aromatic rings. The van der Waals surface area contributed by atoms with Crippen LogP contribution in [0.5, 0.6) is 5.75 Å². The van der Waals surface area contributed by atoms with Gasteiger partial charge in [0.1, 0.15) is 5.75 Å². The number of nitrogens with zero attached hydrogens (tertiary/aromatic N) is 1. The summed E-state index contributed by atoms with van der Waals surface area (Å²) in [6.45, 7) is 2.41. The summed E-state index contributed by atoms with van der Waals surface area (Å²) < 4.78 is 5.62. The molecule has 1 aliphatic heterocycles. The molecular formula is C19H18ClN3O3. The normalized spacial score (nSPS) is 16.5. The van der Waals surface area contributed by atoms with Crippen LogP contribution >= 0.6 is 11.6 Å². The molecule has 0 saturated heterocycles. The lowest BCUT2D eigenvalue weighted by molar-refractivity contribution is -0.120. The van der Waals surface area contributed by atoms with Crippen molar-refractivity contribution in [2.75, 3.05) is 6.61 Å². The summed E-state index contributed by atoms with van der Waals surface area (Å²) in [5.41, 5.74) is 1.19. The maximum Gasteiger partial charge on any atom is 0.258 e. The number of hydrogen-bond acceptors (Lipinski definition) is 4. The van der Waals surface area contributed by atoms with E-state index in [0.717, 1.165) is 5.56 Å². The van der Waals surface area contributed by atoms with E-state index in [9.17, 15) is 9.59 Å². The molecule has 1 aliphatic rings. The molecule has 1 heterocycles. The van der Waals surface area contributed by atoms with Crippen LogP contribution in [0.2, 0.25) is 5.02 Å². The summed E-state index contributed by atoms with van der Waals surface area (Å²) in [7, 11) is 0. The van der Waals surface area contributed by atoms with Gasteiger partial charge >= 0.3 is 0 Å². The van der Waals surface area contributed by atoms with Crippen molar-refractivity contribution >= 4 is 29.4 Å². The Balaban J connectivity index is 1.84. The highest BCUT2D eigenvalue weighted by Crippen LogP contribution is 2.31. The second-order valence-corrected chi connectivity index (χ2v) is 6.12. The molecule has 0 fully saturated rings. The summed E-state index contributed by atoms with van der Waals surface area (Å²) in [4.78, 5) is 28.9. The smallest absolute Gasteiger partial charge is 0.258 e. The standard InChI is InChI=1S/C19H18ClN3O3/c1-2-26-16-9-4-3-8-14(16)15-11-17(24)22-19(21-15)23-18(25)12-6-5-7-13(20)10-12/h3-10,15H,2,11H2,1H3,(H2,21,22,23,24,25)/t15-/m0/s1. The molecule has 2 aromatic carbocycles. The number of benzene rings is 2. The largest absolute Gasteiger partial charge is 0.494 e. The second-order valence-electron chi connectivity index (χ2n) is 5.68. The van der Waals surface area contributed by atoms with E-state index in [4.69, 9.17) is 16.3 Å². The number of carbonyl (C=O) groups is 2. The van der Waals surface area contributed by atoms with E-state index in [1.165, 1.54) is 0 Å². The maximum atomic E-state index is 12.4. The zero-order valence-corrected chi connectivity index (χ0v) is 14.9. The Morgan fingerprint density at radius 3 is 2.88 bits per heavy atom. The summed E-state index contributed by atoms with van der Waals surface area (Å²) in [6.07, 6.45) is 0.181. The Morgan fingerprint density at radius 2 is 2.12 bits per heavy atom. The van der Waals surface area contributed by atoms with Gasteiger partial charge in [-0.05, 0) is 31.2 Å². The number of hydrogen-bond donors (Lipinski definition) is 2. The third-order valence-electron chi connectivity index (χ3n) is 3.82. The Kier molecular flexibility index (Phi) is 5.53. The number of para-hydroxylation sites is 1. The van der Waals surface area contributed by atoms with Crippen molar-refractivity contribution in [3.63, 3.8) is 0 Å². The lowest BCUT2D eigenvalue weighted by Gasteiger charge is -2.23. The molecule has 7 heteroatoms. The molecule has 0 saturated carbocycles. The Hall–Kier alpha value is -2.86. The van der Waals surface area contributed by atoms with Crippen molar-refractivity contribution in [3.8, 4) is 5.75 Å². The summed E-state index contributed by atoms with van der Waals surface area (Å²) in [5.74, 6) is 0.171. The highest BCUT2D eigenvalue weighted by molar-refractivity contribution is 6.31. The predicted molar refractivity (Wildman–Crippen MR) is 99.5 cm³/mol. The van der Waals surface area contributed by atoms with Gasteiger partial charge in [0.15, 0.2) is 0 Å². The highest BCUT2D eigenvalue weighted by atomic mass is 35.5. The molecule has 2 N–H and O–H groups in total. The minimum absolute atomic E-state index is 0.113. The minimum Gasteiger partial charge on any atom is -0.494 e. The molecule has 1 atom stereocenters. The quantitative estimate of drug-likeness (QED) is 0.866. The van der Waals surface area contributed by atoms with Gasteiger partial charge in [-0.2, -0.15) is 0 Å². The van der Waals surface area contributed by atoms with Crippen LogP contribution in [0.15, 0.2) is 53.5 Å². The van der Waals surface area contributed by atoms with Crippen molar-refractivity contribution in [1.82, 2.24) is 10.6 Å². The average Bonchev–Trinajstić information content (AvgIpc) is 2.62. The van der Waals surface area contributed by atoms with Crippen molar-refractivity contribution in [1.29, 1.82) is 0 Å². The maximum absolute atomic E-state index is 12.4. The molecule has 0 spiro atoms. The van der Waals surface area contributed by atoms with Crippen molar-refractivity contribution in [2.45, 2.75) is 19.4 Å². The first kappa shape index (κ1) is 17.9. The second kappa shape index (κ2) is 8.01. The van der Waals surface area contributed by atoms with Crippen LogP contribution in [0.25, 0.3) is 0 Å². The monoisotopic (exact) mass is 371 g/mol. The lowest BCUT2D eigenvalue weighted by atomic mass is 10.0. The van der Waals surface area contributed by atoms with E-state index in [1.54, 1.807) is 24.3 Å². The van der Waals surface area contributed by atoms with Crippen LogP contribution in [-0.4, -0.2) is 24.4 Å². The van der Waals surface area contributed by atoms with E-state index in [-0.39, 0.29) is 18.3 Å². The fourth-order valence-electron chi connectivity index (χ4n) is 2.69. The van der Waals surface area contributed by atoms with Crippen molar-refractivity contribution in [3.05, 3.63) is 64.7 Å². The first-order valence-electron chi connectivity index (χ1n) is 8.23. The number of guanidine groups is 1. The molecule has 0 unspecified atom stereocenters. The fourth-order valence-corrected chi connectivity index (χ4v) is 2.88. The number of aliphatic imine (C=N–C) groups is 1. The topological polar surface area (TPSA) is 79.8 Å². The Labute approximate surface area is 156 Å². The molecule has 2 amide bonds. The van der Waals surface area contributed by atoms with Gasteiger partial charge in [0.05, 0.1) is 19.1 Å². The number of amides is 2. The Morgan fingerprint density at radius 1 is 1.31 bits per heavy atom. The zero-order chi connectivity index (χ0) is 18.5. The van der Waals surface area contributed by atoms with Crippen molar-refractivity contribution in [2.24, 2.45) is 4.99 Å². The number of nitrogens with one attached hydrogen (secondary N) is 2. The van der Waals surface area contributed by atoms with E-state index in [0.29, 0.717) is 22.9 Å². The van der Waals surface area contributed by atoms with Gasteiger partial charge in [0.25, 0.3) is 5.91 Å². The molecule has 134 valence electrons. The third-order valence-corrected chi connectivity index (χ3v) is 4.05. The van der Waals surface area contributed by atoms with E-state index in [1.807, 2.05) is 31.2 Å². The predicted octanol–water partition coefficient (Wildman–Crippen LogP) is 3.09. The number of halogens is 1. The van der Waals surface area contributed by atoms with Gasteiger partial charge in [-0.25, -0.2) is 4.99 Å². The number of carbonyl (C=O) groups excluding carboxylic acids is 2. The van der Waals surface area contributed by atoms with Crippen LogP contribution in [0.3, 0.4) is 0 Å². The highest BCUT2D eigenvalue weighted by Gasteiger charge is 2.25. The van der Waals surface area contributed by atoms with E-state index < -0.39 is 11.9 Å². The van der Waals surface area contributed by atoms with E-state index >= 15 is 0 Å². The molecule has 0 bridgehead atoms. The molecule has 3 rings (SSSR count). The molecule has 0 radical (unpaired) electrons. The summed E-state index contributed by atoms with van der Waals surface area (Å²) in [5, 5.41) is 5.67. The molecule has 6 nitrogen and oxygen atoms in total. The van der Waals surface area contributed by atoms with Crippen molar-refractivity contribution < 1.29 is 14.3 Å². The van der Waals surface area contributed by atoms with E-state index in [2.05, 4.69) is 15.6 Å². The van der Waals surface area contributed by atoms with Gasteiger partial charge in [-0.1, -0.05) is 35.9 Å². The third kappa shape index (κ3) is 4.21. The molecule has 26 heavy (non-hydrogen) atoms. The van der Waals surface area contributed by atoms with Gasteiger partial charge in [0, 0.05) is 16.1 Å². The number of rotatable bonds is 4. The van der Waals surface area contributed by atoms with Gasteiger partial charge in [0.2, 0.25) is 11.9 Å². The minimum atomic E-state index is -0.429. The van der Waals surface area contributed by atoms with Crippen LogP contribution < -0.4 is 15.4 Å². The summed E-state index contributed by atoms with van der Waals surface area (Å²) in [6, 6.07) is 13.5. The van der Waals surface area contributed by atoms with Gasteiger partial charge in [-0.15, -0.1) is 0 Å². The fraction of sp³-hybridized carbons (Fsp3) is 0.211. The lowest BCUT2D eigenvalue weighted by Crippen LogP contribution is -2.47. The summed E-state index contributed by atoms with van der Waals surface area (Å²) >= 11 is 5.91. The average molecular weight is 372 g/mol. The van der Waals surface area contributed by atoms with Crippen LogP contribution in [-0.2, 0) is 4.79 Å². The first-order valence-corrected chi connectivity index (χ1v) is 8.61. The molecule has 0 aromatic heterocycles. The Bertz CT molecular complexity index is 867. The number of ether oxygens (including phenoxy) is 1.